The maximum Gasteiger partial charge on any atom is 0.269 e. The third-order valence-electron chi connectivity index (χ3n) is 3.64. The summed E-state index contributed by atoms with van der Waals surface area (Å²) in [5.74, 6) is -0.244. The Bertz CT molecular complexity index is 1160. The number of carbonyl (C=O) groups excluding carboxylic acids is 1. The molecular weight excluding hydrogens is 388 g/mol. The van der Waals surface area contributed by atoms with Crippen LogP contribution < -0.4 is 16.8 Å². The fourth-order valence-electron chi connectivity index (χ4n) is 2.56. The van der Waals surface area contributed by atoms with Crippen molar-refractivity contribution in [2.45, 2.75) is 0 Å². The minimum absolute atomic E-state index is 0.122. The molecule has 5 N–H and O–H groups in total. The normalized spacial score (nSPS) is 10.7. The maximum atomic E-state index is 12.6. The van der Waals surface area contributed by atoms with E-state index < -0.39 is 0 Å². The van der Waals surface area contributed by atoms with Gasteiger partial charge in [0.1, 0.15) is 27.2 Å². The van der Waals surface area contributed by atoms with Gasteiger partial charge in [0.15, 0.2) is 5.13 Å². The van der Waals surface area contributed by atoms with E-state index in [9.17, 15) is 10.1 Å². The van der Waals surface area contributed by atoms with Crippen LogP contribution >= 0.6 is 34.0 Å². The van der Waals surface area contributed by atoms with Gasteiger partial charge in [0.25, 0.3) is 5.91 Å². The Balaban J connectivity index is 1.94. The van der Waals surface area contributed by atoms with Crippen LogP contribution in [0.2, 0.25) is 0 Å². The molecule has 4 aromatic rings. The molecule has 1 amide bonds. The molecule has 10 heteroatoms. The van der Waals surface area contributed by atoms with Gasteiger partial charge in [0, 0.05) is 27.4 Å². The summed E-state index contributed by atoms with van der Waals surface area (Å²) >= 11 is 3.92. The largest absolute Gasteiger partial charge is 0.397 e. The first-order valence-corrected chi connectivity index (χ1v) is 9.84. The number of aromatic nitrogens is 2. The molecule has 0 saturated carbocycles. The molecule has 4 rings (SSSR count). The van der Waals surface area contributed by atoms with Crippen LogP contribution in [0.4, 0.5) is 16.6 Å². The van der Waals surface area contributed by atoms with Crippen LogP contribution in [0.15, 0.2) is 29.1 Å². The van der Waals surface area contributed by atoms with Crippen molar-refractivity contribution in [1.82, 2.24) is 9.97 Å². The number of hydrogen-bond acceptors (Lipinski definition) is 9. The van der Waals surface area contributed by atoms with Crippen molar-refractivity contribution in [2.24, 2.45) is 0 Å². The van der Waals surface area contributed by atoms with Crippen LogP contribution in [0, 0.1) is 11.3 Å². The lowest BCUT2D eigenvalue weighted by Crippen LogP contribution is -2.11. The Kier molecular flexibility index (Phi) is 4.04. The summed E-state index contributed by atoms with van der Waals surface area (Å²) in [5.41, 5.74) is 13.4. The Morgan fingerprint density at radius 2 is 2.12 bits per heavy atom. The van der Waals surface area contributed by atoms with Crippen molar-refractivity contribution < 1.29 is 4.79 Å². The van der Waals surface area contributed by atoms with E-state index in [1.165, 1.54) is 22.7 Å². The van der Waals surface area contributed by atoms with E-state index in [1.54, 1.807) is 11.6 Å². The molecule has 0 bridgehead atoms. The van der Waals surface area contributed by atoms with Crippen molar-refractivity contribution in [3.05, 3.63) is 39.5 Å². The van der Waals surface area contributed by atoms with E-state index in [-0.39, 0.29) is 23.0 Å². The zero-order valence-corrected chi connectivity index (χ0v) is 15.5. The van der Waals surface area contributed by atoms with Crippen molar-refractivity contribution in [2.75, 3.05) is 16.8 Å². The second kappa shape index (κ2) is 6.38. The topological polar surface area (TPSA) is 131 Å². The molecule has 0 fully saturated rings. The standard InChI is InChI=1S/C16H10N6OS3/c17-6-7-9(8-2-1-4-24-8)10-11(18)12(26-15(10)21-13(7)19)14(23)22-16-20-3-5-25-16/h1-5H,18H2,(H2,19,21)(H,20,22,23). The van der Waals surface area contributed by atoms with Crippen LogP contribution in [0.3, 0.4) is 0 Å². The number of nitrogen functional groups attached to an aromatic ring is 2. The minimum Gasteiger partial charge on any atom is -0.397 e. The molecule has 0 aromatic carbocycles. The summed E-state index contributed by atoms with van der Waals surface area (Å²) < 4.78 is 0. The summed E-state index contributed by atoms with van der Waals surface area (Å²) in [6, 6.07) is 5.86. The number of amides is 1. The molecule has 0 spiro atoms. The van der Waals surface area contributed by atoms with Gasteiger partial charge in [-0.15, -0.1) is 34.0 Å². The van der Waals surface area contributed by atoms with Gasteiger partial charge < -0.3 is 11.5 Å². The maximum absolute atomic E-state index is 12.6. The number of nitriles is 1. The molecule has 0 radical (unpaired) electrons. The van der Waals surface area contributed by atoms with Crippen molar-refractivity contribution >= 4 is 66.8 Å². The number of nitrogens with two attached hydrogens (primary N) is 2. The lowest BCUT2D eigenvalue weighted by Gasteiger charge is -2.07. The molecule has 4 aromatic heterocycles. The van der Waals surface area contributed by atoms with Gasteiger partial charge in [-0.3, -0.25) is 10.1 Å². The first kappa shape index (κ1) is 16.5. The first-order chi connectivity index (χ1) is 12.6. The van der Waals surface area contributed by atoms with E-state index in [0.717, 1.165) is 16.2 Å². The number of pyridine rings is 1. The second-order valence-electron chi connectivity index (χ2n) is 5.15. The molecule has 26 heavy (non-hydrogen) atoms. The van der Waals surface area contributed by atoms with Gasteiger partial charge in [-0.25, -0.2) is 9.97 Å². The average Bonchev–Trinajstić information content (AvgIpc) is 3.35. The number of carbonyl (C=O) groups is 1. The van der Waals surface area contributed by atoms with Crippen LogP contribution in [-0.2, 0) is 0 Å². The van der Waals surface area contributed by atoms with Crippen LogP contribution in [-0.4, -0.2) is 15.9 Å². The molecule has 0 atom stereocenters. The lowest BCUT2D eigenvalue weighted by atomic mass is 10.0. The number of anilines is 3. The van der Waals surface area contributed by atoms with Gasteiger partial charge in [0.05, 0.1) is 5.69 Å². The van der Waals surface area contributed by atoms with Gasteiger partial charge in [-0.1, -0.05) is 6.07 Å². The minimum atomic E-state index is -0.366. The molecule has 128 valence electrons. The molecular formula is C16H10N6OS3. The van der Waals surface area contributed by atoms with E-state index in [4.69, 9.17) is 11.5 Å². The number of nitrogens with one attached hydrogen (secondary N) is 1. The van der Waals surface area contributed by atoms with Gasteiger partial charge >= 0.3 is 0 Å². The molecule has 0 aliphatic heterocycles. The number of fused-ring (bicyclic) bond motifs is 1. The van der Waals surface area contributed by atoms with Crippen LogP contribution in [0.1, 0.15) is 15.2 Å². The molecule has 7 nitrogen and oxygen atoms in total. The van der Waals surface area contributed by atoms with Crippen molar-refractivity contribution in [3.8, 4) is 16.5 Å². The van der Waals surface area contributed by atoms with Gasteiger partial charge in [0.2, 0.25) is 0 Å². The summed E-state index contributed by atoms with van der Waals surface area (Å²) in [6.45, 7) is 0. The fourth-order valence-corrected chi connectivity index (χ4v) is 4.87. The Morgan fingerprint density at radius 1 is 1.27 bits per heavy atom. The highest BCUT2D eigenvalue weighted by atomic mass is 32.1. The summed E-state index contributed by atoms with van der Waals surface area (Å²) in [4.78, 5) is 22.6. The molecule has 0 unspecified atom stereocenters. The molecule has 4 heterocycles. The van der Waals surface area contributed by atoms with Crippen molar-refractivity contribution in [3.63, 3.8) is 0 Å². The predicted molar refractivity (Wildman–Crippen MR) is 107 cm³/mol. The molecule has 0 aliphatic carbocycles. The first-order valence-electron chi connectivity index (χ1n) is 7.26. The Morgan fingerprint density at radius 3 is 2.77 bits per heavy atom. The third-order valence-corrected chi connectivity index (χ3v) is 6.32. The number of rotatable bonds is 3. The highest BCUT2D eigenvalue weighted by molar-refractivity contribution is 7.21. The zero-order valence-electron chi connectivity index (χ0n) is 13.0. The van der Waals surface area contributed by atoms with Crippen LogP contribution in [0.5, 0.6) is 0 Å². The van der Waals surface area contributed by atoms with Gasteiger partial charge in [-0.05, 0) is 11.4 Å². The number of nitrogens with zero attached hydrogens (tertiary/aromatic N) is 3. The highest BCUT2D eigenvalue weighted by Gasteiger charge is 2.24. The van der Waals surface area contributed by atoms with Crippen LogP contribution in [0.25, 0.3) is 20.7 Å². The summed E-state index contributed by atoms with van der Waals surface area (Å²) in [7, 11) is 0. The average molecular weight is 398 g/mol. The van der Waals surface area contributed by atoms with Crippen molar-refractivity contribution in [1.29, 1.82) is 5.26 Å². The zero-order chi connectivity index (χ0) is 18.3. The summed E-state index contributed by atoms with van der Waals surface area (Å²) in [5, 5.41) is 17.0. The Hall–Kier alpha value is -3.00. The predicted octanol–water partition coefficient (Wildman–Crippen LogP) is 3.77. The van der Waals surface area contributed by atoms with E-state index in [2.05, 4.69) is 21.4 Å². The number of thiazole rings is 1. The fraction of sp³-hybridized carbons (Fsp3) is 0. The lowest BCUT2D eigenvalue weighted by molar-refractivity contribution is 0.103. The molecule has 0 saturated heterocycles. The van der Waals surface area contributed by atoms with E-state index in [1.807, 2.05) is 17.5 Å². The highest BCUT2D eigenvalue weighted by Crippen LogP contribution is 2.43. The second-order valence-corrected chi connectivity index (χ2v) is 7.99. The number of thiophene rings is 2. The third kappa shape index (κ3) is 2.59. The molecule has 0 aliphatic rings. The Labute approximate surface area is 159 Å². The quantitative estimate of drug-likeness (QED) is 0.481. The van der Waals surface area contributed by atoms with E-state index in [0.29, 0.717) is 25.8 Å². The van der Waals surface area contributed by atoms with E-state index >= 15 is 0 Å². The number of hydrogen-bond donors (Lipinski definition) is 3. The SMILES string of the molecule is N#Cc1c(N)nc2sc(C(=O)Nc3nccs3)c(N)c2c1-c1cccs1. The smallest absolute Gasteiger partial charge is 0.269 e. The summed E-state index contributed by atoms with van der Waals surface area (Å²) in [6.07, 6.45) is 1.60. The van der Waals surface area contributed by atoms with Gasteiger partial charge in [-0.2, -0.15) is 5.26 Å². The monoisotopic (exact) mass is 398 g/mol.